The van der Waals surface area contributed by atoms with Gasteiger partial charge in [0.25, 0.3) is 0 Å². The lowest BCUT2D eigenvalue weighted by atomic mass is 10.1. The maximum atomic E-state index is 5.89. The molecule has 0 aromatic heterocycles. The predicted octanol–water partition coefficient (Wildman–Crippen LogP) is 1.73. The van der Waals surface area contributed by atoms with Gasteiger partial charge in [-0.05, 0) is 37.1 Å². The lowest BCUT2D eigenvalue weighted by molar-refractivity contribution is 0.967. The van der Waals surface area contributed by atoms with E-state index in [0.29, 0.717) is 17.3 Å². The largest absolute Gasteiger partial charge is 0.397 e. The maximum absolute atomic E-state index is 5.89. The van der Waals surface area contributed by atoms with Crippen molar-refractivity contribution in [3.8, 4) is 0 Å². The number of aryl methyl sites for hydroxylation is 1. The molecule has 66 valence electrons. The van der Waals surface area contributed by atoms with E-state index in [1.165, 1.54) is 0 Å². The van der Waals surface area contributed by atoms with Gasteiger partial charge in [0.1, 0.15) is 0 Å². The third kappa shape index (κ3) is 1.90. The minimum atomic E-state index is 0.624. The summed E-state index contributed by atoms with van der Waals surface area (Å²) in [6.07, 6.45) is 0.848. The number of nitrogens with two attached hydrogens (primary N) is 2. The van der Waals surface area contributed by atoms with Crippen LogP contribution in [0.4, 0.5) is 5.69 Å². The topological polar surface area (TPSA) is 52.0 Å². The van der Waals surface area contributed by atoms with E-state index < -0.39 is 0 Å². The van der Waals surface area contributed by atoms with E-state index in [2.05, 4.69) is 0 Å². The Kier molecular flexibility index (Phi) is 2.95. The molecule has 0 aliphatic carbocycles. The van der Waals surface area contributed by atoms with Crippen molar-refractivity contribution >= 4 is 17.3 Å². The van der Waals surface area contributed by atoms with Crippen LogP contribution in [0.15, 0.2) is 12.1 Å². The molecule has 0 atom stereocenters. The highest BCUT2D eigenvalue weighted by molar-refractivity contribution is 6.33. The van der Waals surface area contributed by atoms with Gasteiger partial charge >= 0.3 is 0 Å². The smallest absolute Gasteiger partial charge is 0.0640 e. The molecule has 0 saturated heterocycles. The van der Waals surface area contributed by atoms with Crippen LogP contribution in [-0.2, 0) is 6.42 Å². The molecule has 3 heteroatoms. The average molecular weight is 185 g/mol. The summed E-state index contributed by atoms with van der Waals surface area (Å²) < 4.78 is 0. The van der Waals surface area contributed by atoms with Crippen LogP contribution in [-0.4, -0.2) is 6.54 Å². The molecule has 0 unspecified atom stereocenters. The van der Waals surface area contributed by atoms with Crippen molar-refractivity contribution in [1.29, 1.82) is 0 Å². The fourth-order valence-electron chi connectivity index (χ4n) is 1.14. The molecule has 12 heavy (non-hydrogen) atoms. The molecular formula is C9H13ClN2. The van der Waals surface area contributed by atoms with Crippen molar-refractivity contribution in [3.05, 3.63) is 28.3 Å². The van der Waals surface area contributed by atoms with Crippen LogP contribution in [0.25, 0.3) is 0 Å². The molecule has 0 fully saturated rings. The molecule has 1 rings (SSSR count). The maximum Gasteiger partial charge on any atom is 0.0640 e. The minimum Gasteiger partial charge on any atom is -0.397 e. The van der Waals surface area contributed by atoms with Crippen molar-refractivity contribution in [2.45, 2.75) is 13.3 Å². The van der Waals surface area contributed by atoms with Crippen LogP contribution in [0.1, 0.15) is 11.1 Å². The number of hydrogen-bond acceptors (Lipinski definition) is 2. The molecule has 1 aromatic carbocycles. The van der Waals surface area contributed by atoms with E-state index in [9.17, 15) is 0 Å². The van der Waals surface area contributed by atoms with Crippen molar-refractivity contribution in [3.63, 3.8) is 0 Å². The first-order chi connectivity index (χ1) is 5.65. The van der Waals surface area contributed by atoms with Crippen LogP contribution in [0.3, 0.4) is 0 Å². The summed E-state index contributed by atoms with van der Waals surface area (Å²) in [5.74, 6) is 0. The zero-order chi connectivity index (χ0) is 9.14. The Morgan fingerprint density at radius 3 is 2.58 bits per heavy atom. The first-order valence-electron chi connectivity index (χ1n) is 3.89. The van der Waals surface area contributed by atoms with Gasteiger partial charge in [-0.1, -0.05) is 17.7 Å². The normalized spacial score (nSPS) is 10.2. The summed E-state index contributed by atoms with van der Waals surface area (Å²) in [5.41, 5.74) is 13.9. The first kappa shape index (κ1) is 9.36. The Labute approximate surface area is 77.5 Å². The molecule has 0 heterocycles. The van der Waals surface area contributed by atoms with E-state index in [1.807, 2.05) is 19.1 Å². The van der Waals surface area contributed by atoms with Crippen LogP contribution < -0.4 is 11.5 Å². The van der Waals surface area contributed by atoms with Crippen LogP contribution in [0.5, 0.6) is 0 Å². The van der Waals surface area contributed by atoms with E-state index in [-0.39, 0.29) is 0 Å². The number of nitrogen functional groups attached to an aromatic ring is 1. The highest BCUT2D eigenvalue weighted by Crippen LogP contribution is 2.24. The van der Waals surface area contributed by atoms with Crippen molar-refractivity contribution in [2.75, 3.05) is 12.3 Å². The lowest BCUT2D eigenvalue weighted by Crippen LogP contribution is -2.03. The van der Waals surface area contributed by atoms with Gasteiger partial charge < -0.3 is 11.5 Å². The highest BCUT2D eigenvalue weighted by atomic mass is 35.5. The van der Waals surface area contributed by atoms with Gasteiger partial charge in [-0.3, -0.25) is 0 Å². The van der Waals surface area contributed by atoms with Crippen LogP contribution >= 0.6 is 11.6 Å². The van der Waals surface area contributed by atoms with Crippen LogP contribution in [0, 0.1) is 6.92 Å². The van der Waals surface area contributed by atoms with Gasteiger partial charge in [-0.25, -0.2) is 0 Å². The average Bonchev–Trinajstić information content (AvgIpc) is 2.01. The Bertz CT molecular complexity index is 261. The molecule has 0 radical (unpaired) electrons. The Morgan fingerprint density at radius 2 is 2.08 bits per heavy atom. The van der Waals surface area contributed by atoms with E-state index in [1.54, 1.807) is 0 Å². The minimum absolute atomic E-state index is 0.624. The van der Waals surface area contributed by atoms with Gasteiger partial charge in [-0.2, -0.15) is 0 Å². The number of rotatable bonds is 2. The quantitative estimate of drug-likeness (QED) is 0.688. The third-order valence-corrected chi connectivity index (χ3v) is 2.14. The van der Waals surface area contributed by atoms with E-state index in [0.717, 1.165) is 17.5 Å². The highest BCUT2D eigenvalue weighted by Gasteiger charge is 2.01. The molecule has 0 amide bonds. The zero-order valence-corrected chi connectivity index (χ0v) is 7.86. The molecule has 0 saturated carbocycles. The number of benzene rings is 1. The van der Waals surface area contributed by atoms with Crippen molar-refractivity contribution in [1.82, 2.24) is 0 Å². The summed E-state index contributed by atoms with van der Waals surface area (Å²) in [4.78, 5) is 0. The fourth-order valence-corrected chi connectivity index (χ4v) is 1.43. The molecule has 0 spiro atoms. The predicted molar refractivity (Wildman–Crippen MR) is 53.4 cm³/mol. The zero-order valence-electron chi connectivity index (χ0n) is 7.10. The molecule has 1 aromatic rings. The lowest BCUT2D eigenvalue weighted by Gasteiger charge is -2.06. The van der Waals surface area contributed by atoms with Gasteiger partial charge in [0.15, 0.2) is 0 Å². The standard InChI is InChI=1S/C9H13ClN2/c1-6-4-7(2-3-11)5-8(10)9(6)12/h4-5H,2-3,11-12H2,1H3. The van der Waals surface area contributed by atoms with Gasteiger partial charge in [-0.15, -0.1) is 0 Å². The molecule has 0 aliphatic heterocycles. The summed E-state index contributed by atoms with van der Waals surface area (Å²) in [7, 11) is 0. The molecule has 0 aliphatic rings. The fraction of sp³-hybridized carbons (Fsp3) is 0.333. The first-order valence-corrected chi connectivity index (χ1v) is 4.27. The number of hydrogen-bond donors (Lipinski definition) is 2. The Morgan fingerprint density at radius 1 is 1.42 bits per heavy atom. The van der Waals surface area contributed by atoms with E-state index >= 15 is 0 Å². The van der Waals surface area contributed by atoms with Gasteiger partial charge in [0.05, 0.1) is 10.7 Å². The summed E-state index contributed by atoms with van der Waals surface area (Å²) in [5, 5.41) is 0.624. The number of anilines is 1. The second-order valence-electron chi connectivity index (χ2n) is 2.85. The summed E-state index contributed by atoms with van der Waals surface area (Å²) in [6.45, 7) is 2.58. The van der Waals surface area contributed by atoms with Crippen molar-refractivity contribution < 1.29 is 0 Å². The third-order valence-electron chi connectivity index (χ3n) is 1.83. The van der Waals surface area contributed by atoms with E-state index in [4.69, 9.17) is 23.1 Å². The van der Waals surface area contributed by atoms with Crippen LogP contribution in [0.2, 0.25) is 5.02 Å². The molecule has 2 nitrogen and oxygen atoms in total. The Balaban J connectivity index is 3.04. The van der Waals surface area contributed by atoms with Gasteiger partial charge in [0.2, 0.25) is 0 Å². The second kappa shape index (κ2) is 3.78. The number of halogens is 1. The van der Waals surface area contributed by atoms with Gasteiger partial charge in [0, 0.05) is 0 Å². The Hall–Kier alpha value is -0.730. The summed E-state index contributed by atoms with van der Waals surface area (Å²) >= 11 is 5.89. The van der Waals surface area contributed by atoms with Crippen molar-refractivity contribution in [2.24, 2.45) is 5.73 Å². The molecular weight excluding hydrogens is 172 g/mol. The molecule has 0 bridgehead atoms. The molecule has 4 N–H and O–H groups in total. The SMILES string of the molecule is Cc1cc(CCN)cc(Cl)c1N. The monoisotopic (exact) mass is 184 g/mol. The summed E-state index contributed by atoms with van der Waals surface area (Å²) in [6, 6.07) is 3.89. The second-order valence-corrected chi connectivity index (χ2v) is 3.25.